The van der Waals surface area contributed by atoms with E-state index in [0.717, 1.165) is 12.8 Å². The minimum Gasteiger partial charge on any atom is -0.398 e. The molecule has 1 aromatic heterocycles. The second kappa shape index (κ2) is 4.47. The lowest BCUT2D eigenvalue weighted by atomic mass is 10.2. The van der Waals surface area contributed by atoms with E-state index in [-0.39, 0.29) is 4.90 Å². The molecule has 0 aliphatic carbocycles. The molecule has 100 valence electrons. The highest BCUT2D eigenvalue weighted by atomic mass is 32.2. The highest BCUT2D eigenvalue weighted by molar-refractivity contribution is 7.89. The lowest BCUT2D eigenvalue weighted by molar-refractivity contribution is 0.478. The topological polar surface area (TPSA) is 76.3 Å². The van der Waals surface area contributed by atoms with Crippen LogP contribution in [0, 0.1) is 0 Å². The fourth-order valence-electron chi connectivity index (χ4n) is 2.44. The van der Waals surface area contributed by atoms with E-state index in [2.05, 4.69) is 4.98 Å². The number of nitrogens with zero attached hydrogens (tertiary/aromatic N) is 2. The number of nitrogen functional groups attached to an aromatic ring is 1. The van der Waals surface area contributed by atoms with Crippen LogP contribution in [0.5, 0.6) is 0 Å². The molecular formula is C13H15N3O2S. The first-order valence-corrected chi connectivity index (χ1v) is 7.68. The van der Waals surface area contributed by atoms with E-state index in [9.17, 15) is 8.42 Å². The third kappa shape index (κ3) is 1.97. The van der Waals surface area contributed by atoms with Gasteiger partial charge in [0.15, 0.2) is 0 Å². The van der Waals surface area contributed by atoms with Crippen molar-refractivity contribution < 1.29 is 8.42 Å². The van der Waals surface area contributed by atoms with Crippen LogP contribution in [-0.2, 0) is 10.0 Å². The third-order valence-electron chi connectivity index (χ3n) is 3.45. The number of benzene rings is 1. The van der Waals surface area contributed by atoms with Crippen LogP contribution >= 0.6 is 0 Å². The molecule has 0 saturated carbocycles. The minimum absolute atomic E-state index is 0.249. The Bertz CT molecular complexity index is 722. The molecule has 2 N–H and O–H groups in total. The van der Waals surface area contributed by atoms with E-state index in [1.165, 1.54) is 4.31 Å². The molecule has 3 rings (SSSR count). The Balaban J connectivity index is 2.23. The van der Waals surface area contributed by atoms with Gasteiger partial charge in [0.25, 0.3) is 0 Å². The number of rotatable bonds is 2. The highest BCUT2D eigenvalue weighted by Crippen LogP contribution is 2.29. The Morgan fingerprint density at radius 2 is 1.89 bits per heavy atom. The Kier molecular flexibility index (Phi) is 2.91. The average molecular weight is 277 g/mol. The zero-order valence-corrected chi connectivity index (χ0v) is 11.2. The molecule has 19 heavy (non-hydrogen) atoms. The smallest absolute Gasteiger partial charge is 0.245 e. The number of fused-ring (bicyclic) bond motifs is 1. The summed E-state index contributed by atoms with van der Waals surface area (Å²) in [6.45, 7) is 1.17. The first-order valence-electron chi connectivity index (χ1n) is 6.24. The van der Waals surface area contributed by atoms with Crippen molar-refractivity contribution in [3.05, 3.63) is 30.5 Å². The average Bonchev–Trinajstić information content (AvgIpc) is 2.94. The van der Waals surface area contributed by atoms with Gasteiger partial charge in [0.2, 0.25) is 10.0 Å². The Hall–Kier alpha value is -1.66. The Morgan fingerprint density at radius 3 is 2.63 bits per heavy atom. The van der Waals surface area contributed by atoms with E-state index >= 15 is 0 Å². The normalized spacial score (nSPS) is 17.1. The highest BCUT2D eigenvalue weighted by Gasteiger charge is 2.29. The summed E-state index contributed by atoms with van der Waals surface area (Å²) in [7, 11) is -3.47. The molecule has 2 heterocycles. The Morgan fingerprint density at radius 1 is 1.16 bits per heavy atom. The van der Waals surface area contributed by atoms with Crippen molar-refractivity contribution in [2.24, 2.45) is 0 Å². The van der Waals surface area contributed by atoms with Crippen molar-refractivity contribution in [2.45, 2.75) is 17.7 Å². The summed E-state index contributed by atoms with van der Waals surface area (Å²) in [5.41, 5.74) is 6.87. The summed E-state index contributed by atoms with van der Waals surface area (Å²) >= 11 is 0. The van der Waals surface area contributed by atoms with E-state index < -0.39 is 10.0 Å². The molecule has 1 fully saturated rings. The molecule has 0 spiro atoms. The number of pyridine rings is 1. The second-order valence-corrected chi connectivity index (χ2v) is 6.57. The SMILES string of the molecule is Nc1ccc(S(=O)(=O)N2CCCC2)c2ncccc12. The summed E-state index contributed by atoms with van der Waals surface area (Å²) in [5, 5.41) is 0.683. The number of hydrogen-bond donors (Lipinski definition) is 1. The molecule has 0 bridgehead atoms. The molecule has 0 amide bonds. The molecule has 6 heteroatoms. The monoisotopic (exact) mass is 277 g/mol. The molecule has 1 aromatic carbocycles. The van der Waals surface area contributed by atoms with Crippen LogP contribution in [0.4, 0.5) is 5.69 Å². The summed E-state index contributed by atoms with van der Waals surface area (Å²) in [6, 6.07) is 6.73. The van der Waals surface area contributed by atoms with Crippen molar-refractivity contribution in [3.8, 4) is 0 Å². The van der Waals surface area contributed by atoms with Crippen molar-refractivity contribution in [1.29, 1.82) is 0 Å². The molecular weight excluding hydrogens is 262 g/mol. The van der Waals surface area contributed by atoms with Gasteiger partial charge in [-0.2, -0.15) is 4.31 Å². The second-order valence-electron chi connectivity index (χ2n) is 4.66. The van der Waals surface area contributed by atoms with Gasteiger partial charge in [-0.3, -0.25) is 4.98 Å². The molecule has 5 nitrogen and oxygen atoms in total. The summed E-state index contributed by atoms with van der Waals surface area (Å²) < 4.78 is 26.7. The molecule has 2 aromatic rings. The first kappa shape index (κ1) is 12.4. The zero-order valence-electron chi connectivity index (χ0n) is 10.4. The van der Waals surface area contributed by atoms with Crippen molar-refractivity contribution >= 4 is 26.6 Å². The van der Waals surface area contributed by atoms with Gasteiger partial charge in [-0.05, 0) is 37.1 Å². The number of sulfonamides is 1. The van der Waals surface area contributed by atoms with E-state index in [0.29, 0.717) is 29.7 Å². The van der Waals surface area contributed by atoms with Gasteiger partial charge in [-0.15, -0.1) is 0 Å². The van der Waals surface area contributed by atoms with Gasteiger partial charge in [0.1, 0.15) is 4.90 Å². The number of anilines is 1. The van der Waals surface area contributed by atoms with Crippen LogP contribution in [0.3, 0.4) is 0 Å². The zero-order chi connectivity index (χ0) is 13.5. The van der Waals surface area contributed by atoms with Gasteiger partial charge in [0, 0.05) is 30.4 Å². The van der Waals surface area contributed by atoms with Crippen LogP contribution in [0.2, 0.25) is 0 Å². The standard InChI is InChI=1S/C13H15N3O2S/c14-11-5-6-12(13-10(11)4-3-7-15-13)19(17,18)16-8-1-2-9-16/h3-7H,1-2,8-9,14H2. The molecule has 1 saturated heterocycles. The minimum atomic E-state index is -3.47. The summed E-state index contributed by atoms with van der Waals surface area (Å²) in [5.74, 6) is 0. The van der Waals surface area contributed by atoms with Gasteiger partial charge >= 0.3 is 0 Å². The molecule has 0 unspecified atom stereocenters. The van der Waals surface area contributed by atoms with E-state index in [1.807, 2.05) is 0 Å². The number of aromatic nitrogens is 1. The van der Waals surface area contributed by atoms with Gasteiger partial charge < -0.3 is 5.73 Å². The Labute approximate surface area is 112 Å². The lowest BCUT2D eigenvalue weighted by Gasteiger charge is -2.16. The molecule has 0 atom stereocenters. The maximum Gasteiger partial charge on any atom is 0.245 e. The predicted octanol–water partition coefficient (Wildman–Crippen LogP) is 1.60. The number of hydrogen-bond acceptors (Lipinski definition) is 4. The lowest BCUT2D eigenvalue weighted by Crippen LogP contribution is -2.28. The quantitative estimate of drug-likeness (QED) is 0.846. The van der Waals surface area contributed by atoms with Crippen LogP contribution < -0.4 is 5.73 Å². The first-order chi connectivity index (χ1) is 9.10. The van der Waals surface area contributed by atoms with E-state index in [1.54, 1.807) is 30.5 Å². The van der Waals surface area contributed by atoms with Gasteiger partial charge in [0.05, 0.1) is 5.52 Å². The fourth-order valence-corrected chi connectivity index (χ4v) is 4.11. The van der Waals surface area contributed by atoms with Crippen LogP contribution in [0.25, 0.3) is 10.9 Å². The van der Waals surface area contributed by atoms with Crippen molar-refractivity contribution in [2.75, 3.05) is 18.8 Å². The summed E-state index contributed by atoms with van der Waals surface area (Å²) in [4.78, 5) is 4.44. The van der Waals surface area contributed by atoms with Crippen LogP contribution in [0.1, 0.15) is 12.8 Å². The fraction of sp³-hybridized carbons (Fsp3) is 0.308. The summed E-state index contributed by atoms with van der Waals surface area (Å²) in [6.07, 6.45) is 3.42. The van der Waals surface area contributed by atoms with Crippen LogP contribution in [0.15, 0.2) is 35.4 Å². The van der Waals surface area contributed by atoms with Gasteiger partial charge in [-0.25, -0.2) is 8.42 Å². The largest absolute Gasteiger partial charge is 0.398 e. The third-order valence-corrected chi connectivity index (χ3v) is 5.38. The predicted molar refractivity (Wildman–Crippen MR) is 74.1 cm³/mol. The van der Waals surface area contributed by atoms with Gasteiger partial charge in [-0.1, -0.05) is 0 Å². The van der Waals surface area contributed by atoms with Crippen molar-refractivity contribution in [1.82, 2.24) is 9.29 Å². The van der Waals surface area contributed by atoms with Crippen LogP contribution in [-0.4, -0.2) is 30.8 Å². The molecule has 0 radical (unpaired) electrons. The van der Waals surface area contributed by atoms with E-state index in [4.69, 9.17) is 5.73 Å². The maximum atomic E-state index is 12.6. The molecule has 1 aliphatic heterocycles. The number of nitrogens with two attached hydrogens (primary N) is 1. The van der Waals surface area contributed by atoms with Crippen molar-refractivity contribution in [3.63, 3.8) is 0 Å². The maximum absolute atomic E-state index is 12.6. The molecule has 1 aliphatic rings.